The number of hydrogen-bond donors (Lipinski definition) is 3. The maximum atomic E-state index is 13.8. The molecule has 4 N–H and O–H groups in total. The molecule has 0 aliphatic heterocycles. The summed E-state index contributed by atoms with van der Waals surface area (Å²) in [7, 11) is 0. The van der Waals surface area contributed by atoms with Crippen molar-refractivity contribution in [3.05, 3.63) is 35.8 Å². The van der Waals surface area contributed by atoms with Crippen LogP contribution >= 0.6 is 0 Å². The van der Waals surface area contributed by atoms with Crippen LogP contribution in [0.2, 0.25) is 0 Å². The molecule has 2 atom stereocenters. The molecular formula is C19H21FN4O. The quantitative estimate of drug-likeness (QED) is 0.675. The summed E-state index contributed by atoms with van der Waals surface area (Å²) in [5.74, 6) is 0.343. The molecule has 1 aliphatic carbocycles. The Labute approximate surface area is 144 Å². The number of nitrogens with one attached hydrogen (secondary N) is 2. The van der Waals surface area contributed by atoms with Crippen molar-refractivity contribution in [3.8, 4) is 0 Å². The highest BCUT2D eigenvalue weighted by Crippen LogP contribution is 2.35. The molecule has 6 heteroatoms. The maximum absolute atomic E-state index is 13.8. The third-order valence-electron chi connectivity index (χ3n) is 5.29. The van der Waals surface area contributed by atoms with Gasteiger partial charge in [-0.1, -0.05) is 19.8 Å². The van der Waals surface area contributed by atoms with E-state index in [1.54, 1.807) is 6.07 Å². The number of aromatic amines is 1. The van der Waals surface area contributed by atoms with Crippen molar-refractivity contribution in [2.24, 2.45) is 11.7 Å². The fourth-order valence-electron chi connectivity index (χ4n) is 3.87. The van der Waals surface area contributed by atoms with Crippen LogP contribution in [0.25, 0.3) is 21.8 Å². The van der Waals surface area contributed by atoms with Gasteiger partial charge in [0.15, 0.2) is 0 Å². The number of halogens is 1. The molecule has 0 bridgehead atoms. The van der Waals surface area contributed by atoms with Gasteiger partial charge < -0.3 is 16.0 Å². The number of nitrogens with two attached hydrogens (primary N) is 1. The molecule has 1 aliphatic rings. The van der Waals surface area contributed by atoms with Crippen molar-refractivity contribution in [3.63, 3.8) is 0 Å². The van der Waals surface area contributed by atoms with Crippen LogP contribution in [0.1, 0.15) is 43.0 Å². The third-order valence-corrected chi connectivity index (χ3v) is 5.29. The summed E-state index contributed by atoms with van der Waals surface area (Å²) in [6, 6.07) is 4.85. The maximum Gasteiger partial charge on any atom is 0.252 e. The predicted octanol–water partition coefficient (Wildman–Crippen LogP) is 3.94. The first-order valence-corrected chi connectivity index (χ1v) is 8.71. The first-order chi connectivity index (χ1) is 12.0. The first-order valence-electron chi connectivity index (χ1n) is 8.71. The molecule has 1 fully saturated rings. The van der Waals surface area contributed by atoms with E-state index >= 15 is 0 Å². The van der Waals surface area contributed by atoms with E-state index in [2.05, 4.69) is 22.2 Å². The Morgan fingerprint density at radius 3 is 2.92 bits per heavy atom. The Bertz CT molecular complexity index is 965. The summed E-state index contributed by atoms with van der Waals surface area (Å²) in [6.45, 7) is 2.24. The van der Waals surface area contributed by atoms with Gasteiger partial charge in [0.05, 0.1) is 16.5 Å². The van der Waals surface area contributed by atoms with Crippen molar-refractivity contribution in [2.45, 2.75) is 38.6 Å². The molecular weight excluding hydrogens is 319 g/mol. The second-order valence-electron chi connectivity index (χ2n) is 6.96. The molecule has 5 nitrogen and oxygen atoms in total. The molecule has 1 saturated carbocycles. The van der Waals surface area contributed by atoms with E-state index in [0.717, 1.165) is 17.3 Å². The normalized spacial score (nSPS) is 20.9. The Hall–Kier alpha value is -2.63. The largest absolute Gasteiger partial charge is 0.366 e. The number of carbonyl (C=O) groups is 1. The van der Waals surface area contributed by atoms with Gasteiger partial charge in [0.25, 0.3) is 5.91 Å². The highest BCUT2D eigenvalue weighted by molar-refractivity contribution is 6.18. The summed E-state index contributed by atoms with van der Waals surface area (Å²) >= 11 is 0. The number of hydrogen-bond acceptors (Lipinski definition) is 3. The Morgan fingerprint density at radius 1 is 1.36 bits per heavy atom. The smallest absolute Gasteiger partial charge is 0.252 e. The zero-order valence-corrected chi connectivity index (χ0v) is 14.1. The number of anilines is 1. The van der Waals surface area contributed by atoms with Gasteiger partial charge in [0.1, 0.15) is 11.6 Å². The number of benzene rings is 1. The molecule has 2 unspecified atom stereocenters. The molecule has 0 saturated heterocycles. The summed E-state index contributed by atoms with van der Waals surface area (Å²) in [5, 5.41) is 4.96. The Kier molecular flexibility index (Phi) is 3.82. The molecule has 25 heavy (non-hydrogen) atoms. The van der Waals surface area contributed by atoms with Crippen LogP contribution in [-0.4, -0.2) is 21.9 Å². The highest BCUT2D eigenvalue weighted by atomic mass is 19.1. The van der Waals surface area contributed by atoms with E-state index in [9.17, 15) is 9.18 Å². The minimum absolute atomic E-state index is 0.314. The second-order valence-corrected chi connectivity index (χ2v) is 6.96. The van der Waals surface area contributed by atoms with Gasteiger partial charge in [-0.2, -0.15) is 0 Å². The fourth-order valence-corrected chi connectivity index (χ4v) is 3.87. The summed E-state index contributed by atoms with van der Waals surface area (Å²) < 4.78 is 13.8. The lowest BCUT2D eigenvalue weighted by Crippen LogP contribution is -2.30. The summed E-state index contributed by atoms with van der Waals surface area (Å²) in [5.41, 5.74) is 7.17. The number of fused-ring (bicyclic) bond motifs is 3. The SMILES string of the molecule is CC1CCCCC1Nc1ncc(C(N)=O)c2[nH]c3ccc(F)cc3c12. The molecule has 1 amide bonds. The van der Waals surface area contributed by atoms with Crippen LogP contribution in [-0.2, 0) is 0 Å². The fraction of sp³-hybridized carbons (Fsp3) is 0.368. The zero-order valence-electron chi connectivity index (χ0n) is 14.1. The standard InChI is InChI=1S/C19H21FN4O/c1-10-4-2-3-5-14(10)24-19-16-12-8-11(20)6-7-15(12)23-17(16)13(9-22-19)18(21)25/h6-10,14,23H,2-5H2,1H3,(H2,21,25)(H,22,24). The zero-order chi connectivity index (χ0) is 17.6. The number of amides is 1. The number of aromatic nitrogens is 2. The Balaban J connectivity index is 1.91. The van der Waals surface area contributed by atoms with Gasteiger partial charge in [0, 0.05) is 23.1 Å². The van der Waals surface area contributed by atoms with Gasteiger partial charge in [-0.15, -0.1) is 0 Å². The lowest BCUT2D eigenvalue weighted by molar-refractivity contribution is 0.100. The number of primary amides is 1. The van der Waals surface area contributed by atoms with Gasteiger partial charge in [-0.25, -0.2) is 9.37 Å². The average Bonchev–Trinajstić information content (AvgIpc) is 2.95. The molecule has 4 rings (SSSR count). The minimum atomic E-state index is -0.554. The topological polar surface area (TPSA) is 83.8 Å². The Morgan fingerprint density at radius 2 is 2.16 bits per heavy atom. The van der Waals surface area contributed by atoms with E-state index in [1.807, 2.05) is 0 Å². The van der Waals surface area contributed by atoms with Crippen molar-refractivity contribution >= 4 is 33.5 Å². The molecule has 130 valence electrons. The monoisotopic (exact) mass is 340 g/mol. The number of pyridine rings is 1. The van der Waals surface area contributed by atoms with Crippen LogP contribution in [0, 0.1) is 11.7 Å². The van der Waals surface area contributed by atoms with E-state index in [1.165, 1.54) is 37.6 Å². The van der Waals surface area contributed by atoms with Crippen molar-refractivity contribution in [1.82, 2.24) is 9.97 Å². The van der Waals surface area contributed by atoms with E-state index in [0.29, 0.717) is 34.2 Å². The van der Waals surface area contributed by atoms with Crippen LogP contribution in [0.15, 0.2) is 24.4 Å². The first kappa shape index (κ1) is 15.9. The minimum Gasteiger partial charge on any atom is -0.366 e. The highest BCUT2D eigenvalue weighted by Gasteiger charge is 2.24. The average molecular weight is 340 g/mol. The van der Waals surface area contributed by atoms with Crippen molar-refractivity contribution in [2.75, 3.05) is 5.32 Å². The van der Waals surface area contributed by atoms with Crippen molar-refractivity contribution in [1.29, 1.82) is 0 Å². The van der Waals surface area contributed by atoms with Gasteiger partial charge in [0.2, 0.25) is 0 Å². The van der Waals surface area contributed by atoms with Gasteiger partial charge >= 0.3 is 0 Å². The molecule has 0 spiro atoms. The summed E-state index contributed by atoms with van der Waals surface area (Å²) in [6.07, 6.45) is 6.20. The van der Waals surface area contributed by atoms with Crippen molar-refractivity contribution < 1.29 is 9.18 Å². The van der Waals surface area contributed by atoms with Gasteiger partial charge in [-0.3, -0.25) is 4.79 Å². The molecule has 3 aromatic rings. The van der Waals surface area contributed by atoms with Crippen LogP contribution < -0.4 is 11.1 Å². The number of rotatable bonds is 3. The van der Waals surface area contributed by atoms with E-state index in [4.69, 9.17) is 5.73 Å². The van der Waals surface area contributed by atoms with Crippen LogP contribution in [0.5, 0.6) is 0 Å². The number of H-pyrrole nitrogens is 1. The third kappa shape index (κ3) is 2.71. The van der Waals surface area contributed by atoms with Crippen LogP contribution in [0.4, 0.5) is 10.2 Å². The second kappa shape index (κ2) is 6.02. The lowest BCUT2D eigenvalue weighted by Gasteiger charge is -2.30. The van der Waals surface area contributed by atoms with E-state index in [-0.39, 0.29) is 5.82 Å². The van der Waals surface area contributed by atoms with Crippen LogP contribution in [0.3, 0.4) is 0 Å². The lowest BCUT2D eigenvalue weighted by atomic mass is 9.86. The molecule has 1 aromatic carbocycles. The predicted molar refractivity (Wildman–Crippen MR) is 97.1 cm³/mol. The van der Waals surface area contributed by atoms with E-state index < -0.39 is 5.91 Å². The number of carbonyl (C=O) groups excluding carboxylic acids is 1. The van der Waals surface area contributed by atoms with Gasteiger partial charge in [-0.05, 0) is 37.0 Å². The summed E-state index contributed by atoms with van der Waals surface area (Å²) in [4.78, 5) is 19.4. The molecule has 2 aromatic heterocycles. The number of nitrogens with zero attached hydrogens (tertiary/aromatic N) is 1. The molecule has 2 heterocycles. The molecule has 0 radical (unpaired) electrons.